The number of anilines is 1. The smallest absolute Gasteiger partial charge is 0.261 e. The number of ether oxygens (including phenoxy) is 1. The third-order valence-corrected chi connectivity index (χ3v) is 3.48. The molecule has 1 aromatic heterocycles. The molecule has 106 valence electrons. The van der Waals surface area contributed by atoms with E-state index in [2.05, 4.69) is 17.2 Å². The molecule has 2 rings (SSSR count). The maximum Gasteiger partial charge on any atom is 0.261 e. The SMILES string of the molecule is CCCCCOc1ccccc1C(=O)Nc1nccs1. The Kier molecular flexibility index (Phi) is 5.55. The summed E-state index contributed by atoms with van der Waals surface area (Å²) >= 11 is 1.39. The van der Waals surface area contributed by atoms with Crippen molar-refractivity contribution in [2.45, 2.75) is 26.2 Å². The van der Waals surface area contributed by atoms with E-state index in [0.717, 1.165) is 19.3 Å². The molecule has 20 heavy (non-hydrogen) atoms. The fourth-order valence-electron chi connectivity index (χ4n) is 1.76. The molecule has 5 heteroatoms. The number of benzene rings is 1. The molecule has 0 aliphatic heterocycles. The Morgan fingerprint density at radius 1 is 1.35 bits per heavy atom. The van der Waals surface area contributed by atoms with Crippen LogP contribution >= 0.6 is 11.3 Å². The molecule has 0 bridgehead atoms. The van der Waals surface area contributed by atoms with Gasteiger partial charge in [-0.3, -0.25) is 10.1 Å². The summed E-state index contributed by atoms with van der Waals surface area (Å²) in [6.45, 7) is 2.78. The molecule has 1 N–H and O–H groups in total. The molecule has 1 aromatic carbocycles. The number of amides is 1. The van der Waals surface area contributed by atoms with Crippen LogP contribution in [0.15, 0.2) is 35.8 Å². The van der Waals surface area contributed by atoms with Crippen molar-refractivity contribution in [2.75, 3.05) is 11.9 Å². The van der Waals surface area contributed by atoms with E-state index < -0.39 is 0 Å². The second-order valence-electron chi connectivity index (χ2n) is 4.34. The summed E-state index contributed by atoms with van der Waals surface area (Å²) in [7, 11) is 0. The first-order valence-corrected chi connectivity index (χ1v) is 7.62. The minimum Gasteiger partial charge on any atom is -0.493 e. The number of nitrogens with one attached hydrogen (secondary N) is 1. The van der Waals surface area contributed by atoms with Gasteiger partial charge < -0.3 is 4.74 Å². The minimum absolute atomic E-state index is 0.189. The van der Waals surface area contributed by atoms with Crippen molar-refractivity contribution in [3.8, 4) is 5.75 Å². The van der Waals surface area contributed by atoms with Crippen LogP contribution in [0.25, 0.3) is 0 Å². The van der Waals surface area contributed by atoms with Gasteiger partial charge in [0.1, 0.15) is 5.75 Å². The topological polar surface area (TPSA) is 51.2 Å². The van der Waals surface area contributed by atoms with Gasteiger partial charge >= 0.3 is 0 Å². The Morgan fingerprint density at radius 2 is 2.20 bits per heavy atom. The number of rotatable bonds is 7. The number of nitrogens with zero attached hydrogens (tertiary/aromatic N) is 1. The van der Waals surface area contributed by atoms with Crippen LogP contribution in [0.2, 0.25) is 0 Å². The highest BCUT2D eigenvalue weighted by molar-refractivity contribution is 7.13. The van der Waals surface area contributed by atoms with Crippen LogP contribution in [0, 0.1) is 0 Å². The quantitative estimate of drug-likeness (QED) is 0.785. The molecule has 1 amide bonds. The van der Waals surface area contributed by atoms with Crippen molar-refractivity contribution < 1.29 is 9.53 Å². The maximum atomic E-state index is 12.2. The first-order valence-electron chi connectivity index (χ1n) is 6.74. The number of unbranched alkanes of at least 4 members (excludes halogenated alkanes) is 2. The molecule has 4 nitrogen and oxygen atoms in total. The Bertz CT molecular complexity index is 541. The van der Waals surface area contributed by atoms with Crippen LogP contribution in [0.4, 0.5) is 5.13 Å². The highest BCUT2D eigenvalue weighted by Gasteiger charge is 2.13. The summed E-state index contributed by atoms with van der Waals surface area (Å²) in [6.07, 6.45) is 4.94. The molecule has 0 aliphatic carbocycles. The zero-order chi connectivity index (χ0) is 14.2. The lowest BCUT2D eigenvalue weighted by Gasteiger charge is -2.10. The van der Waals surface area contributed by atoms with Gasteiger partial charge in [-0.25, -0.2) is 4.98 Å². The number of aromatic nitrogens is 1. The summed E-state index contributed by atoms with van der Waals surface area (Å²) in [5.74, 6) is 0.434. The Hall–Kier alpha value is -1.88. The lowest BCUT2D eigenvalue weighted by atomic mass is 10.2. The van der Waals surface area contributed by atoms with E-state index in [-0.39, 0.29) is 5.91 Å². The predicted molar refractivity (Wildman–Crippen MR) is 81.5 cm³/mol. The minimum atomic E-state index is -0.189. The number of hydrogen-bond donors (Lipinski definition) is 1. The van der Waals surface area contributed by atoms with Crippen molar-refractivity contribution in [1.82, 2.24) is 4.98 Å². The zero-order valence-electron chi connectivity index (χ0n) is 11.5. The van der Waals surface area contributed by atoms with Crippen molar-refractivity contribution in [3.63, 3.8) is 0 Å². The van der Waals surface area contributed by atoms with E-state index in [1.54, 1.807) is 12.3 Å². The molecule has 0 radical (unpaired) electrons. The number of carbonyl (C=O) groups excluding carboxylic acids is 1. The van der Waals surface area contributed by atoms with Gasteiger partial charge in [-0.15, -0.1) is 11.3 Å². The van der Waals surface area contributed by atoms with E-state index >= 15 is 0 Å². The van der Waals surface area contributed by atoms with Crippen molar-refractivity contribution >= 4 is 22.4 Å². The lowest BCUT2D eigenvalue weighted by molar-refractivity contribution is 0.102. The number of carbonyl (C=O) groups is 1. The molecule has 0 atom stereocenters. The maximum absolute atomic E-state index is 12.2. The third kappa shape index (κ3) is 4.06. The zero-order valence-corrected chi connectivity index (χ0v) is 12.3. The van der Waals surface area contributed by atoms with Crippen molar-refractivity contribution in [2.24, 2.45) is 0 Å². The normalized spacial score (nSPS) is 10.2. The van der Waals surface area contributed by atoms with E-state index in [1.165, 1.54) is 11.3 Å². The molecule has 0 saturated heterocycles. The molecular weight excluding hydrogens is 272 g/mol. The fraction of sp³-hybridized carbons (Fsp3) is 0.333. The largest absolute Gasteiger partial charge is 0.493 e. The highest BCUT2D eigenvalue weighted by atomic mass is 32.1. The van der Waals surface area contributed by atoms with Crippen molar-refractivity contribution in [3.05, 3.63) is 41.4 Å². The van der Waals surface area contributed by atoms with E-state index in [1.807, 2.05) is 23.6 Å². The van der Waals surface area contributed by atoms with Gasteiger partial charge in [-0.1, -0.05) is 31.9 Å². The molecule has 0 unspecified atom stereocenters. The summed E-state index contributed by atoms with van der Waals surface area (Å²) < 4.78 is 5.70. The summed E-state index contributed by atoms with van der Waals surface area (Å²) in [4.78, 5) is 16.2. The summed E-state index contributed by atoms with van der Waals surface area (Å²) in [5, 5.41) is 5.18. The van der Waals surface area contributed by atoms with Gasteiger partial charge in [0, 0.05) is 11.6 Å². The lowest BCUT2D eigenvalue weighted by Crippen LogP contribution is -2.13. The van der Waals surface area contributed by atoms with Gasteiger partial charge in [0.15, 0.2) is 5.13 Å². The Labute approximate surface area is 122 Å². The van der Waals surface area contributed by atoms with Crippen LogP contribution in [0.5, 0.6) is 5.75 Å². The standard InChI is InChI=1S/C15H18N2O2S/c1-2-3-6-10-19-13-8-5-4-7-12(13)14(18)17-15-16-9-11-20-15/h4-5,7-9,11H,2-3,6,10H2,1H3,(H,16,17,18). The van der Waals surface area contributed by atoms with Gasteiger partial charge in [-0.05, 0) is 18.6 Å². The molecule has 0 saturated carbocycles. The van der Waals surface area contributed by atoms with Crippen LogP contribution < -0.4 is 10.1 Å². The second-order valence-corrected chi connectivity index (χ2v) is 5.24. The number of hydrogen-bond acceptors (Lipinski definition) is 4. The Balaban J connectivity index is 2.01. The van der Waals surface area contributed by atoms with Crippen molar-refractivity contribution in [1.29, 1.82) is 0 Å². The molecule has 2 aromatic rings. The van der Waals surface area contributed by atoms with Gasteiger partial charge in [0.05, 0.1) is 12.2 Å². The average Bonchev–Trinajstić information content (AvgIpc) is 2.97. The van der Waals surface area contributed by atoms with Gasteiger partial charge in [-0.2, -0.15) is 0 Å². The van der Waals surface area contributed by atoms with E-state index in [0.29, 0.717) is 23.1 Å². The summed E-state index contributed by atoms with van der Waals surface area (Å²) in [5.41, 5.74) is 0.541. The second kappa shape index (κ2) is 7.65. The van der Waals surface area contributed by atoms with Gasteiger partial charge in [0.2, 0.25) is 0 Å². The van der Waals surface area contributed by atoms with Gasteiger partial charge in [0.25, 0.3) is 5.91 Å². The van der Waals surface area contributed by atoms with E-state index in [4.69, 9.17) is 4.74 Å². The first-order chi connectivity index (χ1) is 9.81. The monoisotopic (exact) mass is 290 g/mol. The van der Waals surface area contributed by atoms with Crippen LogP contribution in [0.3, 0.4) is 0 Å². The Morgan fingerprint density at radius 3 is 2.95 bits per heavy atom. The molecule has 1 heterocycles. The highest BCUT2D eigenvalue weighted by Crippen LogP contribution is 2.20. The summed E-state index contributed by atoms with van der Waals surface area (Å²) in [6, 6.07) is 7.28. The number of para-hydroxylation sites is 1. The molecule has 0 fully saturated rings. The average molecular weight is 290 g/mol. The molecule has 0 aliphatic rings. The van der Waals surface area contributed by atoms with Crippen LogP contribution in [-0.2, 0) is 0 Å². The number of thiazole rings is 1. The van der Waals surface area contributed by atoms with Crippen LogP contribution in [0.1, 0.15) is 36.5 Å². The van der Waals surface area contributed by atoms with E-state index in [9.17, 15) is 4.79 Å². The third-order valence-electron chi connectivity index (χ3n) is 2.79. The molecular formula is C15H18N2O2S. The van der Waals surface area contributed by atoms with Crippen LogP contribution in [-0.4, -0.2) is 17.5 Å². The first kappa shape index (κ1) is 14.5. The molecule has 0 spiro atoms. The predicted octanol–water partition coefficient (Wildman–Crippen LogP) is 3.96. The fourth-order valence-corrected chi connectivity index (χ4v) is 2.29.